The molecule has 37 heavy (non-hydrogen) atoms. The molecule has 0 saturated carbocycles. The summed E-state index contributed by atoms with van der Waals surface area (Å²) in [5.41, 5.74) is 2.22. The summed E-state index contributed by atoms with van der Waals surface area (Å²) < 4.78 is 10.2. The summed E-state index contributed by atoms with van der Waals surface area (Å²) in [4.78, 5) is 41.9. The predicted octanol–water partition coefficient (Wildman–Crippen LogP) is 3.83. The molecule has 4 aromatic rings. The summed E-state index contributed by atoms with van der Waals surface area (Å²) in [5, 5.41) is 22.3. The molecule has 1 heterocycles. The smallest absolute Gasteiger partial charge is 0.336 e. The van der Waals surface area contributed by atoms with Gasteiger partial charge in [-0.15, -0.1) is 0 Å². The lowest BCUT2D eigenvalue weighted by molar-refractivity contribution is -0.142. The fourth-order valence-corrected chi connectivity index (χ4v) is 4.01. The number of para-hydroxylation sites is 1. The first kappa shape index (κ1) is 25.2. The molecule has 0 spiro atoms. The molecule has 9 nitrogen and oxygen atoms in total. The Morgan fingerprint density at radius 3 is 2.38 bits per heavy atom. The van der Waals surface area contributed by atoms with Gasteiger partial charge in [0.1, 0.15) is 23.2 Å². The molecule has 0 fully saturated rings. The molecular formula is C28H24N2O7. The Morgan fingerprint density at radius 2 is 1.70 bits per heavy atom. The van der Waals surface area contributed by atoms with Crippen molar-refractivity contribution < 1.29 is 34.1 Å². The van der Waals surface area contributed by atoms with Crippen LogP contribution in [0.3, 0.4) is 0 Å². The molecule has 0 aliphatic carbocycles. The lowest BCUT2D eigenvalue weighted by atomic mass is 9.99. The molecule has 1 atom stereocenters. The second-order valence-corrected chi connectivity index (χ2v) is 8.21. The molecule has 188 valence electrons. The number of fused-ring (bicyclic) bond motifs is 1. The van der Waals surface area contributed by atoms with Crippen LogP contribution >= 0.6 is 0 Å². The molecule has 3 aromatic carbocycles. The van der Waals surface area contributed by atoms with E-state index >= 15 is 0 Å². The van der Waals surface area contributed by atoms with Gasteiger partial charge in [0.2, 0.25) is 0 Å². The summed E-state index contributed by atoms with van der Waals surface area (Å²) >= 11 is 0. The number of pyridine rings is 1. The standard InChI is InChI=1S/C28H24N2O7/c1-36-25-6-4-3-5-19(25)17-9-12-22-20(14-17)21(27(33)34)15-23(29-22)26(32)30-24(28(35)37-2)13-16-7-10-18(31)11-8-16/h3-12,14-15,24,31H,13H2,1-2H3,(H,30,32)(H,33,34)/t24-/m0/s1. The van der Waals surface area contributed by atoms with Gasteiger partial charge in [-0.1, -0.05) is 36.4 Å². The van der Waals surface area contributed by atoms with E-state index < -0.39 is 23.9 Å². The number of nitrogens with one attached hydrogen (secondary N) is 1. The first-order valence-corrected chi connectivity index (χ1v) is 11.3. The summed E-state index contributed by atoms with van der Waals surface area (Å²) in [7, 11) is 2.76. The molecule has 9 heteroatoms. The van der Waals surface area contributed by atoms with Gasteiger partial charge in [-0.25, -0.2) is 14.6 Å². The largest absolute Gasteiger partial charge is 0.508 e. The van der Waals surface area contributed by atoms with Crippen molar-refractivity contribution in [1.29, 1.82) is 0 Å². The average molecular weight is 501 g/mol. The van der Waals surface area contributed by atoms with Crippen molar-refractivity contribution in [3.8, 4) is 22.6 Å². The van der Waals surface area contributed by atoms with Crippen LogP contribution in [0.4, 0.5) is 0 Å². The molecule has 0 aliphatic heterocycles. The Kier molecular flexibility index (Phi) is 7.34. The van der Waals surface area contributed by atoms with Crippen molar-refractivity contribution in [1.82, 2.24) is 10.3 Å². The lowest BCUT2D eigenvalue weighted by Crippen LogP contribution is -2.43. The molecule has 1 amide bonds. The third kappa shape index (κ3) is 5.51. The number of phenols is 1. The molecule has 0 unspecified atom stereocenters. The van der Waals surface area contributed by atoms with Gasteiger partial charge < -0.3 is 25.0 Å². The van der Waals surface area contributed by atoms with Crippen molar-refractivity contribution >= 4 is 28.7 Å². The highest BCUT2D eigenvalue weighted by molar-refractivity contribution is 6.07. The van der Waals surface area contributed by atoms with Crippen molar-refractivity contribution in [3.63, 3.8) is 0 Å². The van der Waals surface area contributed by atoms with Crippen molar-refractivity contribution in [2.75, 3.05) is 14.2 Å². The number of carboxylic acid groups (broad SMARTS) is 1. The Morgan fingerprint density at radius 1 is 0.973 bits per heavy atom. The summed E-state index contributed by atoms with van der Waals surface area (Å²) in [6.45, 7) is 0. The Hall–Kier alpha value is -4.92. The van der Waals surface area contributed by atoms with Crippen LogP contribution in [0.1, 0.15) is 26.4 Å². The van der Waals surface area contributed by atoms with Crippen molar-refractivity contribution in [2.45, 2.75) is 12.5 Å². The predicted molar refractivity (Wildman–Crippen MR) is 136 cm³/mol. The van der Waals surface area contributed by atoms with Gasteiger partial charge in [-0.2, -0.15) is 0 Å². The average Bonchev–Trinajstić information content (AvgIpc) is 2.92. The summed E-state index contributed by atoms with van der Waals surface area (Å²) in [5.74, 6) is -1.94. The van der Waals surface area contributed by atoms with Crippen LogP contribution in [0.5, 0.6) is 11.5 Å². The number of hydrogen-bond donors (Lipinski definition) is 3. The molecular weight excluding hydrogens is 476 g/mol. The number of phenolic OH excluding ortho intramolecular Hbond substituents is 1. The highest BCUT2D eigenvalue weighted by Gasteiger charge is 2.25. The van der Waals surface area contributed by atoms with Crippen molar-refractivity contribution in [3.05, 3.63) is 89.6 Å². The number of aromatic hydroxyl groups is 1. The van der Waals surface area contributed by atoms with E-state index in [1.165, 1.54) is 25.3 Å². The van der Waals surface area contributed by atoms with E-state index in [-0.39, 0.29) is 23.4 Å². The molecule has 0 bridgehead atoms. The normalized spacial score (nSPS) is 11.5. The van der Waals surface area contributed by atoms with Crippen molar-refractivity contribution in [2.24, 2.45) is 0 Å². The minimum atomic E-state index is -1.23. The van der Waals surface area contributed by atoms with Crippen LogP contribution in [0.2, 0.25) is 0 Å². The molecule has 0 saturated heterocycles. The SMILES string of the molecule is COC(=O)[C@H](Cc1ccc(O)cc1)NC(=O)c1cc(C(=O)O)c2cc(-c3ccccc3OC)ccc2n1. The summed E-state index contributed by atoms with van der Waals surface area (Å²) in [6, 6.07) is 18.7. The highest BCUT2D eigenvalue weighted by Crippen LogP contribution is 2.32. The van der Waals surface area contributed by atoms with Crippen LogP contribution in [0, 0.1) is 0 Å². The summed E-state index contributed by atoms with van der Waals surface area (Å²) in [6.07, 6.45) is 0.0976. The van der Waals surface area contributed by atoms with E-state index in [1.54, 1.807) is 43.5 Å². The van der Waals surface area contributed by atoms with Gasteiger partial charge in [0.15, 0.2) is 0 Å². The molecule has 3 N–H and O–H groups in total. The lowest BCUT2D eigenvalue weighted by Gasteiger charge is -2.17. The van der Waals surface area contributed by atoms with E-state index in [2.05, 4.69) is 10.3 Å². The number of nitrogens with zero attached hydrogens (tertiary/aromatic N) is 1. The van der Waals surface area contributed by atoms with Gasteiger partial charge in [0.05, 0.1) is 25.3 Å². The van der Waals surface area contributed by atoms with Gasteiger partial charge in [-0.3, -0.25) is 4.79 Å². The molecule has 4 rings (SSSR count). The van der Waals surface area contributed by atoms with Crippen LogP contribution < -0.4 is 10.1 Å². The number of hydrogen-bond acceptors (Lipinski definition) is 7. The minimum Gasteiger partial charge on any atom is -0.508 e. The number of amides is 1. The highest BCUT2D eigenvalue weighted by atomic mass is 16.5. The zero-order valence-corrected chi connectivity index (χ0v) is 20.1. The van der Waals surface area contributed by atoms with Crippen LogP contribution in [-0.4, -0.2) is 53.3 Å². The third-order valence-electron chi connectivity index (χ3n) is 5.86. The van der Waals surface area contributed by atoms with Gasteiger partial charge >= 0.3 is 11.9 Å². The Balaban J connectivity index is 1.69. The number of benzene rings is 3. The van der Waals surface area contributed by atoms with Gasteiger partial charge in [0.25, 0.3) is 5.91 Å². The van der Waals surface area contributed by atoms with E-state index in [1.807, 2.05) is 18.2 Å². The number of ether oxygens (including phenoxy) is 2. The first-order valence-electron chi connectivity index (χ1n) is 11.3. The first-order chi connectivity index (χ1) is 17.8. The van der Waals surface area contributed by atoms with Gasteiger partial charge in [0, 0.05) is 17.4 Å². The fraction of sp³-hybridized carbons (Fsp3) is 0.143. The molecule has 1 aromatic heterocycles. The maximum atomic E-state index is 13.1. The van der Waals surface area contributed by atoms with E-state index in [0.717, 1.165) is 11.1 Å². The number of carbonyl (C=O) groups is 3. The third-order valence-corrected chi connectivity index (χ3v) is 5.86. The number of rotatable bonds is 8. The number of methoxy groups -OCH3 is 2. The second-order valence-electron chi connectivity index (χ2n) is 8.21. The zero-order valence-electron chi connectivity index (χ0n) is 20.1. The Bertz CT molecular complexity index is 1480. The Labute approximate surface area is 212 Å². The molecule has 0 radical (unpaired) electrons. The topological polar surface area (TPSA) is 135 Å². The number of esters is 1. The van der Waals surface area contributed by atoms with Crippen LogP contribution in [-0.2, 0) is 16.0 Å². The van der Waals surface area contributed by atoms with Crippen LogP contribution in [0.25, 0.3) is 22.0 Å². The van der Waals surface area contributed by atoms with Gasteiger partial charge in [-0.05, 0) is 47.5 Å². The monoisotopic (exact) mass is 500 g/mol. The van der Waals surface area contributed by atoms with E-state index in [4.69, 9.17) is 9.47 Å². The van der Waals surface area contributed by atoms with Crippen LogP contribution in [0.15, 0.2) is 72.8 Å². The number of carbonyl (C=O) groups excluding carboxylic acids is 2. The maximum absolute atomic E-state index is 13.1. The fourth-order valence-electron chi connectivity index (χ4n) is 4.01. The number of aromatic carboxylic acids is 1. The van der Waals surface area contributed by atoms with E-state index in [0.29, 0.717) is 22.2 Å². The number of carboxylic acids is 1. The second kappa shape index (κ2) is 10.8. The maximum Gasteiger partial charge on any atom is 0.336 e. The molecule has 0 aliphatic rings. The zero-order chi connectivity index (χ0) is 26.5. The van der Waals surface area contributed by atoms with E-state index in [9.17, 15) is 24.6 Å². The minimum absolute atomic E-state index is 0.0674. The number of aromatic nitrogens is 1. The quantitative estimate of drug-likeness (QED) is 0.311.